The van der Waals surface area contributed by atoms with E-state index >= 15 is 0 Å². The van der Waals surface area contributed by atoms with Gasteiger partial charge in [0.2, 0.25) is 0 Å². The Bertz CT molecular complexity index is 112. The summed E-state index contributed by atoms with van der Waals surface area (Å²) >= 11 is 2.19. The van der Waals surface area contributed by atoms with Crippen molar-refractivity contribution in [2.75, 3.05) is 5.75 Å². The summed E-state index contributed by atoms with van der Waals surface area (Å²) in [6, 6.07) is 0. The zero-order valence-corrected chi connectivity index (χ0v) is 11.2. The molecule has 1 aliphatic heterocycles. The first-order valence-corrected chi connectivity index (χ1v) is 7.09. The molecule has 1 N–H and O–H groups in total. The second-order valence-electron chi connectivity index (χ2n) is 3.24. The highest BCUT2D eigenvalue weighted by Gasteiger charge is 2.13. The number of thioether (sulfide) groups is 1. The van der Waals surface area contributed by atoms with Gasteiger partial charge in [-0.25, -0.2) is 0 Å². The quantitative estimate of drug-likeness (QED) is 0.585. The predicted octanol–water partition coefficient (Wildman–Crippen LogP) is 4.19. The molecule has 1 rings (SSSR count). The fourth-order valence-corrected chi connectivity index (χ4v) is 2.83. The fraction of sp³-hybridized carbons (Fsp3) is 0.917. The van der Waals surface area contributed by atoms with Crippen molar-refractivity contribution in [3.63, 3.8) is 0 Å². The van der Waals surface area contributed by atoms with Gasteiger partial charge in [0.15, 0.2) is 0 Å². The Morgan fingerprint density at radius 3 is 2.40 bits per heavy atom. The topological polar surface area (TPSA) is 37.3 Å². The van der Waals surface area contributed by atoms with Crippen LogP contribution in [0.1, 0.15) is 59.3 Å². The molecule has 0 amide bonds. The smallest absolute Gasteiger partial charge is 0.290 e. The van der Waals surface area contributed by atoms with Gasteiger partial charge in [0.05, 0.1) is 0 Å². The van der Waals surface area contributed by atoms with Crippen LogP contribution < -0.4 is 0 Å². The Labute approximate surface area is 98.8 Å². The lowest BCUT2D eigenvalue weighted by Gasteiger charge is -2.05. The van der Waals surface area contributed by atoms with Crippen LogP contribution in [0, 0.1) is 0 Å². The second-order valence-corrected chi connectivity index (χ2v) is 4.64. The summed E-state index contributed by atoms with van der Waals surface area (Å²) in [5, 5.41) is 7.92. The number of rotatable bonds is 4. The van der Waals surface area contributed by atoms with Crippen LogP contribution in [0.25, 0.3) is 0 Å². The molecule has 15 heavy (non-hydrogen) atoms. The molecule has 92 valence electrons. The first-order chi connectivity index (χ1) is 7.35. The van der Waals surface area contributed by atoms with Crippen LogP contribution in [0.2, 0.25) is 0 Å². The molecule has 0 aromatic rings. The molecular formula is C12H26O2S. The third-order valence-electron chi connectivity index (χ3n) is 2.15. The van der Waals surface area contributed by atoms with Crippen LogP contribution in [0.3, 0.4) is 0 Å². The third kappa shape index (κ3) is 13.8. The first-order valence-electron chi connectivity index (χ1n) is 6.04. The van der Waals surface area contributed by atoms with E-state index in [2.05, 4.69) is 18.7 Å². The highest BCUT2D eigenvalue weighted by Crippen LogP contribution is 2.29. The van der Waals surface area contributed by atoms with Gasteiger partial charge in [-0.3, -0.25) is 4.79 Å². The van der Waals surface area contributed by atoms with Gasteiger partial charge >= 0.3 is 0 Å². The van der Waals surface area contributed by atoms with E-state index in [1.54, 1.807) is 0 Å². The largest absolute Gasteiger partial charge is 0.483 e. The van der Waals surface area contributed by atoms with Crippen molar-refractivity contribution in [2.45, 2.75) is 64.5 Å². The van der Waals surface area contributed by atoms with E-state index in [4.69, 9.17) is 9.90 Å². The van der Waals surface area contributed by atoms with Crippen LogP contribution in [0.4, 0.5) is 0 Å². The second kappa shape index (κ2) is 16.3. The van der Waals surface area contributed by atoms with Crippen molar-refractivity contribution in [3.05, 3.63) is 0 Å². The summed E-state index contributed by atoms with van der Waals surface area (Å²) in [6.07, 6.45) is 8.73. The van der Waals surface area contributed by atoms with Crippen molar-refractivity contribution in [1.29, 1.82) is 0 Å². The van der Waals surface area contributed by atoms with Gasteiger partial charge in [-0.2, -0.15) is 11.8 Å². The lowest BCUT2D eigenvalue weighted by Crippen LogP contribution is -1.94. The van der Waals surface area contributed by atoms with Gasteiger partial charge in [-0.15, -0.1) is 0 Å². The highest BCUT2D eigenvalue weighted by atomic mass is 32.2. The molecule has 0 radical (unpaired) electrons. The Balaban J connectivity index is 0. The predicted molar refractivity (Wildman–Crippen MR) is 69.7 cm³/mol. The van der Waals surface area contributed by atoms with Crippen LogP contribution in [-0.2, 0) is 4.79 Å². The van der Waals surface area contributed by atoms with Gasteiger partial charge < -0.3 is 5.11 Å². The minimum absolute atomic E-state index is 0.250. The zero-order chi connectivity index (χ0) is 11.9. The molecule has 2 nitrogen and oxygen atoms in total. The molecule has 0 unspecified atom stereocenters. The Morgan fingerprint density at radius 1 is 1.40 bits per heavy atom. The molecule has 1 heterocycles. The monoisotopic (exact) mass is 234 g/mol. The van der Waals surface area contributed by atoms with Crippen LogP contribution >= 0.6 is 11.8 Å². The van der Waals surface area contributed by atoms with Gasteiger partial charge in [-0.05, 0) is 25.0 Å². The summed E-state index contributed by atoms with van der Waals surface area (Å²) < 4.78 is 0. The molecule has 0 saturated carbocycles. The highest BCUT2D eigenvalue weighted by molar-refractivity contribution is 8.00. The number of hydrogen-bond acceptors (Lipinski definition) is 2. The summed E-state index contributed by atoms with van der Waals surface area (Å²) in [4.78, 5) is 8.36. The van der Waals surface area contributed by atoms with Gasteiger partial charge in [0.1, 0.15) is 0 Å². The summed E-state index contributed by atoms with van der Waals surface area (Å²) in [5.74, 6) is 1.43. The van der Waals surface area contributed by atoms with Crippen LogP contribution in [0.15, 0.2) is 0 Å². The normalized spacial score (nSPS) is 18.2. The maximum atomic E-state index is 8.36. The summed E-state index contributed by atoms with van der Waals surface area (Å²) in [5.41, 5.74) is 0. The standard InChI is InChI=1S/C9H18S.C2H6.CH2O2/c1-2-3-4-6-9-7-5-8-10-9;1-2;2-1-3/h9H,2-8H2,1H3;1-2H3;1H,(H,2,3)/t9-;;/m0../s1. The Morgan fingerprint density at radius 2 is 2.00 bits per heavy atom. The molecule has 0 bridgehead atoms. The van der Waals surface area contributed by atoms with Crippen molar-refractivity contribution in [1.82, 2.24) is 0 Å². The molecular weight excluding hydrogens is 208 g/mol. The average Bonchev–Trinajstić information content (AvgIpc) is 2.75. The minimum Gasteiger partial charge on any atom is -0.483 e. The lowest BCUT2D eigenvalue weighted by atomic mass is 10.1. The molecule has 0 aromatic carbocycles. The van der Waals surface area contributed by atoms with Crippen molar-refractivity contribution in [2.24, 2.45) is 0 Å². The van der Waals surface area contributed by atoms with Gasteiger partial charge in [0, 0.05) is 5.25 Å². The van der Waals surface area contributed by atoms with Crippen LogP contribution in [0.5, 0.6) is 0 Å². The average molecular weight is 234 g/mol. The zero-order valence-electron chi connectivity index (χ0n) is 10.4. The third-order valence-corrected chi connectivity index (χ3v) is 3.62. The van der Waals surface area contributed by atoms with Crippen LogP contribution in [-0.4, -0.2) is 22.6 Å². The van der Waals surface area contributed by atoms with Gasteiger partial charge in [0.25, 0.3) is 6.47 Å². The van der Waals surface area contributed by atoms with E-state index in [1.165, 1.54) is 44.3 Å². The van der Waals surface area contributed by atoms with E-state index in [9.17, 15) is 0 Å². The lowest BCUT2D eigenvalue weighted by molar-refractivity contribution is -0.122. The Kier molecular flexibility index (Phi) is 18.7. The van der Waals surface area contributed by atoms with E-state index in [-0.39, 0.29) is 6.47 Å². The van der Waals surface area contributed by atoms with E-state index < -0.39 is 0 Å². The molecule has 1 aliphatic rings. The number of hydrogen-bond donors (Lipinski definition) is 1. The summed E-state index contributed by atoms with van der Waals surface area (Å²) in [7, 11) is 0. The number of carboxylic acid groups (broad SMARTS) is 1. The van der Waals surface area contributed by atoms with Gasteiger partial charge in [-0.1, -0.05) is 40.0 Å². The maximum absolute atomic E-state index is 8.36. The van der Waals surface area contributed by atoms with E-state index in [0.717, 1.165) is 5.25 Å². The van der Waals surface area contributed by atoms with Crippen molar-refractivity contribution in [3.8, 4) is 0 Å². The van der Waals surface area contributed by atoms with Crippen molar-refractivity contribution >= 4 is 18.2 Å². The molecule has 1 atom stereocenters. The molecule has 3 heteroatoms. The SMILES string of the molecule is CC.CCCCC[C@H]1CCCS1.O=CO. The molecule has 0 aromatic heterocycles. The molecule has 1 saturated heterocycles. The fourth-order valence-electron chi connectivity index (χ4n) is 1.49. The molecule has 0 spiro atoms. The Hall–Kier alpha value is -0.180. The molecule has 0 aliphatic carbocycles. The van der Waals surface area contributed by atoms with E-state index in [1.807, 2.05) is 13.8 Å². The minimum atomic E-state index is -0.250. The number of unbranched alkanes of at least 4 members (excludes halogenated alkanes) is 2. The maximum Gasteiger partial charge on any atom is 0.290 e. The van der Waals surface area contributed by atoms with Crippen molar-refractivity contribution < 1.29 is 9.90 Å². The number of carbonyl (C=O) groups is 1. The first kappa shape index (κ1) is 17.2. The van der Waals surface area contributed by atoms with E-state index in [0.29, 0.717) is 0 Å². The molecule has 1 fully saturated rings. The summed E-state index contributed by atoms with van der Waals surface area (Å²) in [6.45, 7) is 6.03.